The van der Waals surface area contributed by atoms with Crippen molar-refractivity contribution in [1.82, 2.24) is 0 Å². The van der Waals surface area contributed by atoms with Crippen LogP contribution in [0.15, 0.2) is 0 Å². The molecule has 1 aliphatic rings. The summed E-state index contributed by atoms with van der Waals surface area (Å²) in [6.07, 6.45) is 2.27. The summed E-state index contributed by atoms with van der Waals surface area (Å²) in [5, 5.41) is 0. The van der Waals surface area contributed by atoms with E-state index in [2.05, 4.69) is 31.1 Å². The largest absolute Gasteiger partial charge is 0.381 e. The van der Waals surface area contributed by atoms with Crippen LogP contribution in [0.5, 0.6) is 0 Å². The maximum atomic E-state index is 5.28. The predicted octanol–water partition coefficient (Wildman–Crippen LogP) is 2.29. The maximum Gasteiger partial charge on any atom is 0.129 e. The maximum absolute atomic E-state index is 5.28. The van der Waals surface area contributed by atoms with E-state index in [1.807, 2.05) is 0 Å². The van der Waals surface area contributed by atoms with E-state index in [1.54, 1.807) is 0 Å². The lowest BCUT2D eigenvalue weighted by atomic mass is 10.0. The van der Waals surface area contributed by atoms with Crippen molar-refractivity contribution in [3.63, 3.8) is 0 Å². The lowest BCUT2D eigenvalue weighted by Gasteiger charge is -2.17. The lowest BCUT2D eigenvalue weighted by molar-refractivity contribution is 0.0807. The standard InChI is InChI=1S/C10H18OSi/c1-12(2,3)9-6-10-4-7-11-8-5-10/h10H,4-5,7-8H2,1-3H3. The van der Waals surface area contributed by atoms with Crippen LogP contribution in [-0.2, 0) is 4.74 Å². The Labute approximate surface area is 76.5 Å². The SMILES string of the molecule is C[Si](C)(C)C#CC1CCOCC1. The van der Waals surface area contributed by atoms with Gasteiger partial charge in [-0.25, -0.2) is 0 Å². The third-order valence-corrected chi connectivity index (χ3v) is 2.77. The molecule has 0 aromatic rings. The first kappa shape index (κ1) is 9.82. The van der Waals surface area contributed by atoms with E-state index >= 15 is 0 Å². The first-order chi connectivity index (χ1) is 5.58. The minimum absolute atomic E-state index is 0.616. The van der Waals surface area contributed by atoms with Crippen molar-refractivity contribution >= 4 is 8.07 Å². The molecule has 1 saturated heterocycles. The Morgan fingerprint density at radius 2 is 1.75 bits per heavy atom. The second kappa shape index (κ2) is 4.11. The van der Waals surface area contributed by atoms with Gasteiger partial charge in [0.2, 0.25) is 0 Å². The van der Waals surface area contributed by atoms with Gasteiger partial charge in [-0.2, -0.15) is 0 Å². The van der Waals surface area contributed by atoms with Crippen molar-refractivity contribution in [2.45, 2.75) is 32.5 Å². The van der Waals surface area contributed by atoms with E-state index in [9.17, 15) is 0 Å². The first-order valence-corrected chi connectivity index (χ1v) is 8.18. The molecule has 0 aromatic heterocycles. The second-order valence-electron chi connectivity index (χ2n) is 4.41. The van der Waals surface area contributed by atoms with Crippen molar-refractivity contribution in [3.8, 4) is 11.5 Å². The predicted molar refractivity (Wildman–Crippen MR) is 54.7 cm³/mol. The van der Waals surface area contributed by atoms with Crippen LogP contribution in [0.4, 0.5) is 0 Å². The zero-order valence-corrected chi connectivity index (χ0v) is 9.31. The highest BCUT2D eigenvalue weighted by atomic mass is 28.3. The van der Waals surface area contributed by atoms with Gasteiger partial charge in [0.05, 0.1) is 0 Å². The number of hydrogen-bond acceptors (Lipinski definition) is 1. The Morgan fingerprint density at radius 3 is 2.25 bits per heavy atom. The van der Waals surface area contributed by atoms with E-state index < -0.39 is 8.07 Å². The molecular weight excluding hydrogens is 164 g/mol. The summed E-state index contributed by atoms with van der Waals surface area (Å²) in [5.74, 6) is 4.01. The molecule has 2 heteroatoms. The fraction of sp³-hybridized carbons (Fsp3) is 0.800. The fourth-order valence-electron chi connectivity index (χ4n) is 1.16. The van der Waals surface area contributed by atoms with Gasteiger partial charge in [0, 0.05) is 19.1 Å². The van der Waals surface area contributed by atoms with Gasteiger partial charge in [-0.05, 0) is 12.8 Å². The van der Waals surface area contributed by atoms with Crippen LogP contribution in [0.2, 0.25) is 19.6 Å². The average Bonchev–Trinajstić information content (AvgIpc) is 2.02. The minimum Gasteiger partial charge on any atom is -0.381 e. The number of ether oxygens (including phenoxy) is 1. The number of hydrogen-bond donors (Lipinski definition) is 0. The second-order valence-corrected chi connectivity index (χ2v) is 9.16. The molecule has 0 amide bonds. The Kier molecular flexibility index (Phi) is 3.36. The smallest absolute Gasteiger partial charge is 0.129 e. The molecule has 0 saturated carbocycles. The quantitative estimate of drug-likeness (QED) is 0.412. The molecule has 1 aliphatic heterocycles. The summed E-state index contributed by atoms with van der Waals surface area (Å²) >= 11 is 0. The summed E-state index contributed by atoms with van der Waals surface area (Å²) in [6.45, 7) is 8.69. The first-order valence-electron chi connectivity index (χ1n) is 4.68. The molecular formula is C10H18OSi. The Bertz CT molecular complexity index is 188. The highest BCUT2D eigenvalue weighted by molar-refractivity contribution is 6.83. The monoisotopic (exact) mass is 182 g/mol. The van der Waals surface area contributed by atoms with Crippen LogP contribution in [0.3, 0.4) is 0 Å². The van der Waals surface area contributed by atoms with Crippen molar-refractivity contribution in [1.29, 1.82) is 0 Å². The zero-order chi connectivity index (χ0) is 9.03. The summed E-state index contributed by atoms with van der Waals surface area (Å²) in [5.41, 5.74) is 3.42. The van der Waals surface area contributed by atoms with Gasteiger partial charge in [-0.3, -0.25) is 0 Å². The molecule has 1 heterocycles. The molecule has 0 bridgehead atoms. The van der Waals surface area contributed by atoms with Crippen LogP contribution >= 0.6 is 0 Å². The molecule has 68 valence electrons. The van der Waals surface area contributed by atoms with Gasteiger partial charge < -0.3 is 4.74 Å². The van der Waals surface area contributed by atoms with Crippen molar-refractivity contribution < 1.29 is 4.74 Å². The van der Waals surface area contributed by atoms with E-state index in [4.69, 9.17) is 4.74 Å². The average molecular weight is 182 g/mol. The Morgan fingerprint density at radius 1 is 1.17 bits per heavy atom. The van der Waals surface area contributed by atoms with E-state index in [1.165, 1.54) is 0 Å². The van der Waals surface area contributed by atoms with Crippen molar-refractivity contribution in [3.05, 3.63) is 0 Å². The number of rotatable bonds is 0. The van der Waals surface area contributed by atoms with Gasteiger partial charge in [0.25, 0.3) is 0 Å². The molecule has 1 rings (SSSR count). The summed E-state index contributed by atoms with van der Waals surface area (Å²) in [4.78, 5) is 0. The fourth-order valence-corrected chi connectivity index (χ4v) is 1.80. The summed E-state index contributed by atoms with van der Waals surface area (Å²) < 4.78 is 5.28. The van der Waals surface area contributed by atoms with Crippen LogP contribution in [-0.4, -0.2) is 21.3 Å². The van der Waals surface area contributed by atoms with Gasteiger partial charge in [-0.1, -0.05) is 19.6 Å². The van der Waals surface area contributed by atoms with Gasteiger partial charge in [-0.15, -0.1) is 11.5 Å². The van der Waals surface area contributed by atoms with E-state index in [0.29, 0.717) is 5.92 Å². The molecule has 1 nitrogen and oxygen atoms in total. The van der Waals surface area contributed by atoms with E-state index in [0.717, 1.165) is 26.1 Å². The molecule has 0 unspecified atom stereocenters. The molecule has 1 fully saturated rings. The third kappa shape index (κ3) is 3.94. The highest BCUT2D eigenvalue weighted by Crippen LogP contribution is 2.13. The summed E-state index contributed by atoms with van der Waals surface area (Å²) in [6, 6.07) is 0. The van der Waals surface area contributed by atoms with Crippen molar-refractivity contribution in [2.75, 3.05) is 13.2 Å². The Balaban J connectivity index is 2.41. The Hall–Kier alpha value is -0.263. The van der Waals surface area contributed by atoms with Crippen LogP contribution in [0.25, 0.3) is 0 Å². The topological polar surface area (TPSA) is 9.23 Å². The zero-order valence-electron chi connectivity index (χ0n) is 8.31. The minimum atomic E-state index is -1.14. The molecule has 0 atom stereocenters. The van der Waals surface area contributed by atoms with Gasteiger partial charge >= 0.3 is 0 Å². The van der Waals surface area contributed by atoms with Crippen LogP contribution in [0.1, 0.15) is 12.8 Å². The molecule has 0 radical (unpaired) electrons. The molecule has 0 aliphatic carbocycles. The normalized spacial score (nSPS) is 19.9. The van der Waals surface area contributed by atoms with Crippen molar-refractivity contribution in [2.24, 2.45) is 5.92 Å². The highest BCUT2D eigenvalue weighted by Gasteiger charge is 2.12. The molecule has 0 N–H and O–H groups in total. The third-order valence-electron chi connectivity index (χ3n) is 1.87. The van der Waals surface area contributed by atoms with E-state index in [-0.39, 0.29) is 0 Å². The van der Waals surface area contributed by atoms with Crippen LogP contribution < -0.4 is 0 Å². The molecule has 0 aromatic carbocycles. The van der Waals surface area contributed by atoms with Gasteiger partial charge in [0.15, 0.2) is 0 Å². The van der Waals surface area contributed by atoms with Crippen LogP contribution in [0, 0.1) is 17.4 Å². The summed E-state index contributed by atoms with van der Waals surface area (Å²) in [7, 11) is -1.14. The molecule has 12 heavy (non-hydrogen) atoms. The van der Waals surface area contributed by atoms with Gasteiger partial charge in [0.1, 0.15) is 8.07 Å². The lowest BCUT2D eigenvalue weighted by Crippen LogP contribution is -2.19. The molecule has 0 spiro atoms.